The molecule has 1 N–H and O–H groups in total. The summed E-state index contributed by atoms with van der Waals surface area (Å²) in [5.74, 6) is 0.611. The minimum atomic E-state index is -0.125. The second-order valence-electron chi connectivity index (χ2n) is 10.1. The standard InChI is InChI=1S/C25H28N.C5H8O2.Ir/c1-25(2,3)21-13-14-26-24(17-21)20-15-19-11-7-8-12-22(19)23(16-20)18-9-5-4-6-10-18;1-4(6)3-5(2)7;/h7-8,11-14,16-18H,4-6,9-10H2,1-3H3;3,6H,1-2H3;/q-1;;/b;4-3-;. The molecular formula is C30H36IrNO2-. The molecule has 0 unspecified atom stereocenters. The van der Waals surface area contributed by atoms with E-state index < -0.39 is 0 Å². The first-order valence-electron chi connectivity index (χ1n) is 11.9. The maximum absolute atomic E-state index is 10.0. The first-order chi connectivity index (χ1) is 15.6. The van der Waals surface area contributed by atoms with E-state index in [1.807, 2.05) is 6.20 Å². The molecule has 1 heterocycles. The maximum Gasteiger partial charge on any atom is 0.155 e. The van der Waals surface area contributed by atoms with Crippen molar-refractivity contribution in [2.75, 3.05) is 0 Å². The van der Waals surface area contributed by atoms with Crippen molar-refractivity contribution in [3.63, 3.8) is 0 Å². The van der Waals surface area contributed by atoms with Crippen molar-refractivity contribution in [1.29, 1.82) is 0 Å². The molecule has 4 heteroatoms. The summed E-state index contributed by atoms with van der Waals surface area (Å²) in [5.41, 5.74) is 5.12. The maximum atomic E-state index is 10.0. The quantitative estimate of drug-likeness (QED) is 0.180. The van der Waals surface area contributed by atoms with Gasteiger partial charge in [0.25, 0.3) is 0 Å². The van der Waals surface area contributed by atoms with E-state index in [0.29, 0.717) is 5.92 Å². The van der Waals surface area contributed by atoms with Crippen LogP contribution in [-0.2, 0) is 30.3 Å². The molecule has 1 fully saturated rings. The summed E-state index contributed by atoms with van der Waals surface area (Å²) < 4.78 is 0. The molecule has 34 heavy (non-hydrogen) atoms. The van der Waals surface area contributed by atoms with Crippen molar-refractivity contribution >= 4 is 16.6 Å². The van der Waals surface area contributed by atoms with Gasteiger partial charge in [0, 0.05) is 38.1 Å². The Morgan fingerprint density at radius 3 is 2.32 bits per heavy atom. The Hall–Kier alpha value is -2.29. The zero-order valence-electron chi connectivity index (χ0n) is 20.9. The average molecular weight is 635 g/mol. The number of hydrogen-bond acceptors (Lipinski definition) is 3. The average Bonchev–Trinajstić information content (AvgIpc) is 2.78. The Morgan fingerprint density at radius 2 is 1.74 bits per heavy atom. The molecule has 0 spiro atoms. The van der Waals surface area contributed by atoms with Crippen LogP contribution in [0.5, 0.6) is 0 Å². The molecule has 0 saturated heterocycles. The second kappa shape index (κ2) is 12.4. The fraction of sp³-hybridized carbons (Fsp3) is 0.400. The molecule has 1 radical (unpaired) electrons. The predicted molar refractivity (Wildman–Crippen MR) is 138 cm³/mol. The van der Waals surface area contributed by atoms with Gasteiger partial charge < -0.3 is 5.11 Å². The molecule has 0 atom stereocenters. The number of allylic oxidation sites excluding steroid dienone is 2. The molecule has 3 nitrogen and oxygen atoms in total. The van der Waals surface area contributed by atoms with Crippen molar-refractivity contribution < 1.29 is 30.0 Å². The van der Waals surface area contributed by atoms with Crippen LogP contribution in [-0.4, -0.2) is 15.9 Å². The molecule has 3 aromatic rings. The van der Waals surface area contributed by atoms with Crippen molar-refractivity contribution in [2.24, 2.45) is 0 Å². The number of aliphatic hydroxyl groups is 1. The molecule has 183 valence electrons. The number of ketones is 1. The summed E-state index contributed by atoms with van der Waals surface area (Å²) in [7, 11) is 0. The number of benzene rings is 2. The Kier molecular flexibility index (Phi) is 10.2. The number of aliphatic hydroxyl groups excluding tert-OH is 1. The van der Waals surface area contributed by atoms with Crippen molar-refractivity contribution in [3.05, 3.63) is 77.7 Å². The van der Waals surface area contributed by atoms with Crippen LogP contribution >= 0.6 is 0 Å². The van der Waals surface area contributed by atoms with E-state index in [4.69, 9.17) is 5.11 Å². The minimum absolute atomic E-state index is 0. The van der Waals surface area contributed by atoms with Gasteiger partial charge in [0.2, 0.25) is 0 Å². The van der Waals surface area contributed by atoms with Crippen LogP contribution in [0.2, 0.25) is 0 Å². The number of carbonyl (C=O) groups excluding carboxylic acids is 1. The normalized spacial score (nSPS) is 14.7. The van der Waals surface area contributed by atoms with Crippen LogP contribution in [0.1, 0.15) is 83.8 Å². The van der Waals surface area contributed by atoms with Crippen LogP contribution in [0.15, 0.2) is 60.5 Å². The Labute approximate surface area is 218 Å². The number of carbonyl (C=O) groups is 1. The first-order valence-corrected chi connectivity index (χ1v) is 11.9. The van der Waals surface area contributed by atoms with E-state index in [2.05, 4.69) is 74.3 Å². The molecule has 4 rings (SSSR count). The molecule has 0 aliphatic heterocycles. The molecule has 2 aromatic carbocycles. The Bertz CT molecular complexity index is 1130. The Balaban J connectivity index is 0.000000449. The van der Waals surface area contributed by atoms with E-state index in [1.165, 1.54) is 73.9 Å². The molecule has 1 aliphatic rings. The smallest absolute Gasteiger partial charge is 0.155 e. The van der Waals surface area contributed by atoms with E-state index in [0.717, 1.165) is 11.3 Å². The van der Waals surface area contributed by atoms with Gasteiger partial charge >= 0.3 is 0 Å². The first kappa shape index (κ1) is 28.0. The number of fused-ring (bicyclic) bond motifs is 1. The van der Waals surface area contributed by atoms with Gasteiger partial charge in [-0.3, -0.25) is 9.78 Å². The molecular weight excluding hydrogens is 599 g/mol. The third-order valence-electron chi connectivity index (χ3n) is 6.17. The van der Waals surface area contributed by atoms with Crippen LogP contribution in [0.25, 0.3) is 22.0 Å². The van der Waals surface area contributed by atoms with Crippen LogP contribution in [0, 0.1) is 6.07 Å². The monoisotopic (exact) mass is 635 g/mol. The van der Waals surface area contributed by atoms with E-state index >= 15 is 0 Å². The predicted octanol–water partition coefficient (Wildman–Crippen LogP) is 8.08. The van der Waals surface area contributed by atoms with Gasteiger partial charge in [-0.05, 0) is 49.7 Å². The molecule has 1 saturated carbocycles. The molecule has 1 aliphatic carbocycles. The van der Waals surface area contributed by atoms with Gasteiger partial charge in [0.15, 0.2) is 5.78 Å². The summed E-state index contributed by atoms with van der Waals surface area (Å²) in [4.78, 5) is 14.7. The number of rotatable bonds is 3. The van der Waals surface area contributed by atoms with Gasteiger partial charge in [0.1, 0.15) is 0 Å². The zero-order chi connectivity index (χ0) is 24.0. The van der Waals surface area contributed by atoms with Gasteiger partial charge in [-0.2, -0.15) is 0 Å². The van der Waals surface area contributed by atoms with E-state index in [9.17, 15) is 4.79 Å². The zero-order valence-corrected chi connectivity index (χ0v) is 23.3. The van der Waals surface area contributed by atoms with Gasteiger partial charge in [-0.15, -0.1) is 29.1 Å². The van der Waals surface area contributed by atoms with Crippen LogP contribution in [0.3, 0.4) is 0 Å². The number of pyridine rings is 1. The van der Waals surface area contributed by atoms with Crippen LogP contribution < -0.4 is 0 Å². The third kappa shape index (κ3) is 7.61. The summed E-state index contributed by atoms with van der Waals surface area (Å²) in [6.45, 7) is 9.61. The largest absolute Gasteiger partial charge is 0.512 e. The topological polar surface area (TPSA) is 50.2 Å². The van der Waals surface area contributed by atoms with Crippen LogP contribution in [0.4, 0.5) is 0 Å². The second-order valence-corrected chi connectivity index (χ2v) is 10.1. The fourth-order valence-electron chi connectivity index (χ4n) is 4.49. The minimum Gasteiger partial charge on any atom is -0.512 e. The Morgan fingerprint density at radius 1 is 1.06 bits per heavy atom. The van der Waals surface area contributed by atoms with Gasteiger partial charge in [-0.1, -0.05) is 75.2 Å². The van der Waals surface area contributed by atoms with Crippen molar-refractivity contribution in [2.45, 2.75) is 78.1 Å². The van der Waals surface area contributed by atoms with Gasteiger partial charge in [0.05, 0.1) is 5.76 Å². The molecule has 0 amide bonds. The number of nitrogens with zero attached hydrogens (tertiary/aromatic N) is 1. The third-order valence-corrected chi connectivity index (χ3v) is 6.17. The molecule has 0 bridgehead atoms. The molecule has 1 aromatic heterocycles. The van der Waals surface area contributed by atoms with Gasteiger partial charge in [-0.25, -0.2) is 0 Å². The van der Waals surface area contributed by atoms with Crippen molar-refractivity contribution in [1.82, 2.24) is 4.98 Å². The summed E-state index contributed by atoms with van der Waals surface area (Å²) in [6, 6.07) is 19.1. The number of hydrogen-bond donors (Lipinski definition) is 1. The van der Waals surface area contributed by atoms with Crippen molar-refractivity contribution in [3.8, 4) is 11.3 Å². The summed E-state index contributed by atoms with van der Waals surface area (Å²) in [6.07, 6.45) is 9.82. The van der Waals surface area contributed by atoms with E-state index in [1.54, 1.807) is 0 Å². The number of aromatic nitrogens is 1. The summed E-state index contributed by atoms with van der Waals surface area (Å²) >= 11 is 0. The fourth-order valence-corrected chi connectivity index (χ4v) is 4.49. The SMILES string of the molecule is CC(=O)/C=C(/C)O.CC(C)(C)c1ccnc(-c2[c-]c3ccccc3c(C3CCCCC3)c2)c1.[Ir]. The summed E-state index contributed by atoms with van der Waals surface area (Å²) in [5, 5.41) is 10.9. The van der Waals surface area contributed by atoms with E-state index in [-0.39, 0.29) is 37.1 Å².